The Morgan fingerprint density at radius 2 is 2.21 bits per heavy atom. The van der Waals surface area contributed by atoms with Crippen molar-refractivity contribution in [3.63, 3.8) is 0 Å². The maximum Gasteiger partial charge on any atom is 0.311 e. The second-order valence-corrected chi connectivity index (χ2v) is 3.89. The summed E-state index contributed by atoms with van der Waals surface area (Å²) in [5.41, 5.74) is 2.23. The molecular formula is C12H14O2. The molecule has 1 aromatic rings. The predicted molar refractivity (Wildman–Crippen MR) is 54.3 cm³/mol. The average molecular weight is 190 g/mol. The van der Waals surface area contributed by atoms with E-state index in [1.165, 1.54) is 5.56 Å². The predicted octanol–water partition coefficient (Wildman–Crippen LogP) is 2.44. The van der Waals surface area contributed by atoms with Crippen molar-refractivity contribution in [3.05, 3.63) is 35.4 Å². The van der Waals surface area contributed by atoms with Crippen LogP contribution in [0.2, 0.25) is 0 Å². The summed E-state index contributed by atoms with van der Waals surface area (Å²) < 4.78 is 0. The number of carboxylic acids is 1. The SMILES string of the molecule is CC[C@H]1Cc2ccccc2[C@@H]1C(=O)O. The van der Waals surface area contributed by atoms with Gasteiger partial charge in [0.15, 0.2) is 0 Å². The van der Waals surface area contributed by atoms with Crippen LogP contribution in [-0.2, 0) is 11.2 Å². The van der Waals surface area contributed by atoms with Crippen molar-refractivity contribution in [1.82, 2.24) is 0 Å². The molecule has 0 aromatic heterocycles. The van der Waals surface area contributed by atoms with Crippen molar-refractivity contribution in [2.45, 2.75) is 25.7 Å². The number of fused-ring (bicyclic) bond motifs is 1. The lowest BCUT2D eigenvalue weighted by Gasteiger charge is -2.13. The molecule has 0 fully saturated rings. The fourth-order valence-corrected chi connectivity index (χ4v) is 2.39. The van der Waals surface area contributed by atoms with Gasteiger partial charge in [-0.15, -0.1) is 0 Å². The molecule has 0 radical (unpaired) electrons. The zero-order valence-corrected chi connectivity index (χ0v) is 8.23. The van der Waals surface area contributed by atoms with Crippen LogP contribution in [0.5, 0.6) is 0 Å². The minimum Gasteiger partial charge on any atom is -0.481 e. The van der Waals surface area contributed by atoms with Crippen molar-refractivity contribution in [3.8, 4) is 0 Å². The van der Waals surface area contributed by atoms with Crippen LogP contribution in [0.4, 0.5) is 0 Å². The van der Waals surface area contributed by atoms with Gasteiger partial charge in [0.1, 0.15) is 0 Å². The number of rotatable bonds is 2. The van der Waals surface area contributed by atoms with E-state index in [2.05, 4.69) is 6.92 Å². The number of benzene rings is 1. The third-order valence-corrected chi connectivity index (χ3v) is 3.13. The van der Waals surface area contributed by atoms with E-state index in [0.29, 0.717) is 0 Å². The fraction of sp³-hybridized carbons (Fsp3) is 0.417. The summed E-state index contributed by atoms with van der Waals surface area (Å²) in [5, 5.41) is 9.16. The highest BCUT2D eigenvalue weighted by molar-refractivity contribution is 5.78. The van der Waals surface area contributed by atoms with Gasteiger partial charge in [0.2, 0.25) is 0 Å². The first-order valence-corrected chi connectivity index (χ1v) is 5.04. The molecule has 2 nitrogen and oxygen atoms in total. The van der Waals surface area contributed by atoms with E-state index in [4.69, 9.17) is 5.11 Å². The van der Waals surface area contributed by atoms with Gasteiger partial charge in [-0.2, -0.15) is 0 Å². The van der Waals surface area contributed by atoms with Gasteiger partial charge in [0, 0.05) is 0 Å². The van der Waals surface area contributed by atoms with E-state index in [1.54, 1.807) is 0 Å². The number of hydrogen-bond acceptors (Lipinski definition) is 1. The summed E-state index contributed by atoms with van der Waals surface area (Å²) in [7, 11) is 0. The standard InChI is InChI=1S/C12H14O2/c1-2-8-7-9-5-3-4-6-10(9)11(8)12(13)14/h3-6,8,11H,2,7H2,1H3,(H,13,14)/t8-,11+/m0/s1. The molecule has 1 aliphatic rings. The third-order valence-electron chi connectivity index (χ3n) is 3.13. The first-order chi connectivity index (χ1) is 6.74. The van der Waals surface area contributed by atoms with E-state index < -0.39 is 5.97 Å². The molecule has 1 aliphatic carbocycles. The fourth-order valence-electron chi connectivity index (χ4n) is 2.39. The Bertz CT molecular complexity index is 357. The molecule has 0 spiro atoms. The second kappa shape index (κ2) is 3.45. The van der Waals surface area contributed by atoms with Gasteiger partial charge < -0.3 is 5.11 Å². The van der Waals surface area contributed by atoms with Gasteiger partial charge in [-0.25, -0.2) is 0 Å². The van der Waals surface area contributed by atoms with E-state index in [9.17, 15) is 4.79 Å². The summed E-state index contributed by atoms with van der Waals surface area (Å²) in [6, 6.07) is 7.90. The second-order valence-electron chi connectivity index (χ2n) is 3.89. The Labute approximate surface area is 83.6 Å². The quantitative estimate of drug-likeness (QED) is 0.777. The van der Waals surface area contributed by atoms with Gasteiger partial charge in [-0.05, 0) is 23.5 Å². The van der Waals surface area contributed by atoms with Gasteiger partial charge in [-0.3, -0.25) is 4.79 Å². The smallest absolute Gasteiger partial charge is 0.311 e. The number of aliphatic carboxylic acids is 1. The van der Waals surface area contributed by atoms with E-state index in [-0.39, 0.29) is 11.8 Å². The molecule has 14 heavy (non-hydrogen) atoms. The van der Waals surface area contributed by atoms with Crippen LogP contribution in [0.1, 0.15) is 30.4 Å². The lowest BCUT2D eigenvalue weighted by atomic mass is 9.91. The minimum absolute atomic E-state index is 0.281. The van der Waals surface area contributed by atoms with Gasteiger partial charge in [0.05, 0.1) is 5.92 Å². The van der Waals surface area contributed by atoms with Gasteiger partial charge in [-0.1, -0.05) is 37.6 Å². The molecule has 0 saturated carbocycles. The Kier molecular flexibility index (Phi) is 2.28. The van der Waals surface area contributed by atoms with E-state index >= 15 is 0 Å². The summed E-state index contributed by atoms with van der Waals surface area (Å²) in [6.45, 7) is 2.06. The Hall–Kier alpha value is -1.31. The van der Waals surface area contributed by atoms with Crippen LogP contribution < -0.4 is 0 Å². The molecule has 0 bridgehead atoms. The molecule has 0 unspecified atom stereocenters. The van der Waals surface area contributed by atoms with Crippen molar-refractivity contribution < 1.29 is 9.90 Å². The first-order valence-electron chi connectivity index (χ1n) is 5.04. The summed E-state index contributed by atoms with van der Waals surface area (Å²) in [6.07, 6.45) is 1.86. The molecule has 2 heteroatoms. The van der Waals surface area contributed by atoms with Crippen LogP contribution in [0.15, 0.2) is 24.3 Å². The number of carbonyl (C=O) groups is 1. The number of hydrogen-bond donors (Lipinski definition) is 1. The topological polar surface area (TPSA) is 37.3 Å². The van der Waals surface area contributed by atoms with Crippen LogP contribution in [0.3, 0.4) is 0 Å². The maximum atomic E-state index is 11.1. The molecule has 74 valence electrons. The lowest BCUT2D eigenvalue weighted by molar-refractivity contribution is -0.139. The minimum atomic E-state index is -0.679. The molecule has 1 aromatic carbocycles. The van der Waals surface area contributed by atoms with E-state index in [0.717, 1.165) is 18.4 Å². The first kappa shape index (κ1) is 9.25. The zero-order chi connectivity index (χ0) is 10.1. The highest BCUT2D eigenvalue weighted by Crippen LogP contribution is 2.39. The van der Waals surface area contributed by atoms with Crippen molar-refractivity contribution in [2.75, 3.05) is 0 Å². The third kappa shape index (κ3) is 1.31. The van der Waals surface area contributed by atoms with Crippen molar-refractivity contribution in [2.24, 2.45) is 5.92 Å². The molecule has 2 atom stereocenters. The molecule has 0 amide bonds. The van der Waals surface area contributed by atoms with Gasteiger partial charge in [0.25, 0.3) is 0 Å². The van der Waals surface area contributed by atoms with Gasteiger partial charge >= 0.3 is 5.97 Å². The normalized spacial score (nSPS) is 24.6. The maximum absolute atomic E-state index is 11.1. The molecule has 0 heterocycles. The molecule has 0 aliphatic heterocycles. The highest BCUT2D eigenvalue weighted by atomic mass is 16.4. The van der Waals surface area contributed by atoms with Crippen LogP contribution in [0, 0.1) is 5.92 Å². The zero-order valence-electron chi connectivity index (χ0n) is 8.23. The molecule has 1 N–H and O–H groups in total. The Morgan fingerprint density at radius 1 is 1.50 bits per heavy atom. The summed E-state index contributed by atoms with van der Waals surface area (Å²) in [4.78, 5) is 11.1. The number of carboxylic acid groups (broad SMARTS) is 1. The molecule has 2 rings (SSSR count). The van der Waals surface area contributed by atoms with Crippen LogP contribution >= 0.6 is 0 Å². The Balaban J connectivity index is 2.42. The average Bonchev–Trinajstić information content (AvgIpc) is 2.55. The highest BCUT2D eigenvalue weighted by Gasteiger charge is 2.35. The lowest BCUT2D eigenvalue weighted by Crippen LogP contribution is -2.16. The van der Waals surface area contributed by atoms with Crippen LogP contribution in [-0.4, -0.2) is 11.1 Å². The van der Waals surface area contributed by atoms with Crippen molar-refractivity contribution >= 4 is 5.97 Å². The van der Waals surface area contributed by atoms with E-state index in [1.807, 2.05) is 24.3 Å². The summed E-state index contributed by atoms with van der Waals surface area (Å²) >= 11 is 0. The molecule has 0 saturated heterocycles. The largest absolute Gasteiger partial charge is 0.481 e. The summed E-state index contributed by atoms with van der Waals surface area (Å²) in [5.74, 6) is -0.678. The monoisotopic (exact) mass is 190 g/mol. The molecular weight excluding hydrogens is 176 g/mol. The van der Waals surface area contributed by atoms with Crippen molar-refractivity contribution in [1.29, 1.82) is 0 Å². The Morgan fingerprint density at radius 3 is 2.86 bits per heavy atom. The van der Waals surface area contributed by atoms with Crippen LogP contribution in [0.25, 0.3) is 0 Å².